The monoisotopic (exact) mass is 428 g/mol. The van der Waals surface area contributed by atoms with E-state index in [-0.39, 0.29) is 11.8 Å². The Hall–Kier alpha value is -2.48. The van der Waals surface area contributed by atoms with Gasteiger partial charge >= 0.3 is 0 Å². The molecule has 1 aliphatic heterocycles. The van der Waals surface area contributed by atoms with Crippen molar-refractivity contribution in [3.05, 3.63) is 76.7 Å². The van der Waals surface area contributed by atoms with Gasteiger partial charge in [0.2, 0.25) is 15.9 Å². The van der Waals surface area contributed by atoms with E-state index in [1.54, 1.807) is 13.2 Å². The zero-order valence-corrected chi connectivity index (χ0v) is 18.0. The molecule has 0 aliphatic carbocycles. The van der Waals surface area contributed by atoms with Gasteiger partial charge < -0.3 is 10.1 Å². The summed E-state index contributed by atoms with van der Waals surface area (Å²) in [6, 6.07) is 17.2. The normalized spacial score (nSPS) is 16.0. The summed E-state index contributed by atoms with van der Waals surface area (Å²) in [5.74, 6) is -0.185. The van der Waals surface area contributed by atoms with E-state index in [9.17, 15) is 13.2 Å². The van der Waals surface area contributed by atoms with Crippen LogP contribution in [0.5, 0.6) is 0 Å². The second-order valence-corrected chi connectivity index (χ2v) is 9.22. The van der Waals surface area contributed by atoms with Crippen LogP contribution in [-0.2, 0) is 32.7 Å². The minimum absolute atomic E-state index is 0.0205. The van der Waals surface area contributed by atoms with E-state index in [4.69, 9.17) is 4.74 Å². The van der Waals surface area contributed by atoms with E-state index in [0.29, 0.717) is 39.1 Å². The molecule has 1 saturated heterocycles. The van der Waals surface area contributed by atoms with Crippen molar-refractivity contribution >= 4 is 22.0 Å². The second-order valence-electron chi connectivity index (χ2n) is 7.40. The largest absolute Gasteiger partial charge is 0.380 e. The lowest BCUT2D eigenvalue weighted by molar-refractivity contribution is -0.126. The van der Waals surface area contributed by atoms with E-state index in [1.165, 1.54) is 9.71 Å². The summed E-state index contributed by atoms with van der Waals surface area (Å²) in [5, 5.41) is 4.21. The van der Waals surface area contributed by atoms with Gasteiger partial charge in [-0.1, -0.05) is 54.6 Å². The number of ether oxygens (including phenoxy) is 1. The number of rotatable bonds is 8. The van der Waals surface area contributed by atoms with Crippen molar-refractivity contribution in [3.63, 3.8) is 0 Å². The fourth-order valence-electron chi connectivity index (χ4n) is 3.44. The topological polar surface area (TPSA) is 75.7 Å². The number of nitrogens with one attached hydrogen (secondary N) is 1. The van der Waals surface area contributed by atoms with Crippen LogP contribution in [0, 0.1) is 5.92 Å². The fourth-order valence-corrected chi connectivity index (χ4v) is 4.66. The number of hydrogen-bond donors (Lipinski definition) is 1. The molecule has 1 fully saturated rings. The lowest BCUT2D eigenvalue weighted by Crippen LogP contribution is -2.42. The summed E-state index contributed by atoms with van der Waals surface area (Å²) in [6.07, 6.45) is 2.65. The third kappa shape index (κ3) is 6.26. The van der Waals surface area contributed by atoms with Crippen molar-refractivity contribution in [2.24, 2.45) is 5.92 Å². The van der Waals surface area contributed by atoms with E-state index >= 15 is 0 Å². The summed E-state index contributed by atoms with van der Waals surface area (Å²) < 4.78 is 31.6. The molecular formula is C23H28N2O4S. The predicted molar refractivity (Wildman–Crippen MR) is 118 cm³/mol. The highest BCUT2D eigenvalue weighted by Crippen LogP contribution is 2.21. The average molecular weight is 429 g/mol. The fraction of sp³-hybridized carbons (Fsp3) is 0.348. The van der Waals surface area contributed by atoms with Crippen molar-refractivity contribution < 1.29 is 17.9 Å². The Morgan fingerprint density at radius 3 is 2.33 bits per heavy atom. The van der Waals surface area contributed by atoms with Crippen molar-refractivity contribution in [2.45, 2.75) is 26.0 Å². The third-order valence-corrected chi connectivity index (χ3v) is 6.78. The van der Waals surface area contributed by atoms with E-state index < -0.39 is 10.0 Å². The highest BCUT2D eigenvalue weighted by atomic mass is 32.2. The van der Waals surface area contributed by atoms with E-state index in [1.807, 2.05) is 54.6 Å². The molecule has 7 heteroatoms. The molecule has 2 aromatic carbocycles. The highest BCUT2D eigenvalue weighted by Gasteiger charge is 2.29. The number of sulfonamides is 1. The van der Waals surface area contributed by atoms with Crippen LogP contribution in [0.25, 0.3) is 6.08 Å². The zero-order chi connectivity index (χ0) is 21.4. The smallest absolute Gasteiger partial charge is 0.236 e. The van der Waals surface area contributed by atoms with Crippen LogP contribution in [0.3, 0.4) is 0 Å². The maximum Gasteiger partial charge on any atom is 0.236 e. The van der Waals surface area contributed by atoms with Crippen LogP contribution in [-0.4, -0.2) is 38.8 Å². The van der Waals surface area contributed by atoms with Gasteiger partial charge in [0.1, 0.15) is 0 Å². The number of carbonyl (C=O) groups is 1. The molecule has 1 amide bonds. The molecule has 1 aliphatic rings. The molecule has 30 heavy (non-hydrogen) atoms. The molecule has 0 spiro atoms. The van der Waals surface area contributed by atoms with Crippen LogP contribution in [0.15, 0.2) is 60.0 Å². The van der Waals surface area contributed by atoms with Gasteiger partial charge in [-0.15, -0.1) is 0 Å². The first kappa shape index (κ1) is 22.2. The number of methoxy groups -OCH3 is 1. The number of benzene rings is 2. The van der Waals surface area contributed by atoms with Gasteiger partial charge in [0, 0.05) is 38.1 Å². The van der Waals surface area contributed by atoms with Crippen molar-refractivity contribution in [1.82, 2.24) is 9.62 Å². The van der Waals surface area contributed by atoms with Crippen molar-refractivity contribution in [2.75, 3.05) is 20.2 Å². The molecular weight excluding hydrogens is 400 g/mol. The summed E-state index contributed by atoms with van der Waals surface area (Å²) in [5.41, 5.74) is 2.95. The van der Waals surface area contributed by atoms with Gasteiger partial charge in [0.05, 0.1) is 6.61 Å². The summed E-state index contributed by atoms with van der Waals surface area (Å²) in [6.45, 7) is 1.73. The Morgan fingerprint density at radius 1 is 1.07 bits per heavy atom. The highest BCUT2D eigenvalue weighted by molar-refractivity contribution is 7.92. The first-order chi connectivity index (χ1) is 14.5. The lowest BCUT2D eigenvalue weighted by atomic mass is 9.97. The molecule has 1 N–H and O–H groups in total. The molecule has 0 aromatic heterocycles. The molecule has 0 unspecified atom stereocenters. The van der Waals surface area contributed by atoms with Crippen LogP contribution in [0.2, 0.25) is 0 Å². The lowest BCUT2D eigenvalue weighted by Gasteiger charge is -2.29. The first-order valence-electron chi connectivity index (χ1n) is 10.1. The minimum Gasteiger partial charge on any atom is -0.380 e. The zero-order valence-electron chi connectivity index (χ0n) is 17.2. The maximum atomic E-state index is 12.5. The number of hydrogen-bond acceptors (Lipinski definition) is 4. The summed E-state index contributed by atoms with van der Waals surface area (Å²) in [4.78, 5) is 12.5. The molecule has 0 atom stereocenters. The van der Waals surface area contributed by atoms with Crippen LogP contribution < -0.4 is 5.32 Å². The van der Waals surface area contributed by atoms with Crippen molar-refractivity contribution in [1.29, 1.82) is 0 Å². The van der Waals surface area contributed by atoms with Gasteiger partial charge in [-0.25, -0.2) is 8.42 Å². The van der Waals surface area contributed by atoms with Gasteiger partial charge in [-0.3, -0.25) is 4.79 Å². The van der Waals surface area contributed by atoms with Crippen molar-refractivity contribution in [3.8, 4) is 0 Å². The molecule has 3 rings (SSSR count). The molecule has 1 heterocycles. The van der Waals surface area contributed by atoms with Crippen LogP contribution in [0.4, 0.5) is 0 Å². The number of carbonyl (C=O) groups excluding carboxylic acids is 1. The number of piperidine rings is 1. The maximum absolute atomic E-state index is 12.5. The Balaban J connectivity index is 1.47. The summed E-state index contributed by atoms with van der Waals surface area (Å²) >= 11 is 0. The van der Waals surface area contributed by atoms with Gasteiger partial charge in [-0.05, 0) is 35.6 Å². The SMILES string of the molecule is COCc1ccc(CNC(=O)C2CCN(S(=O)(=O)/C=C/c3ccccc3)CC2)cc1. The molecule has 2 aromatic rings. The summed E-state index contributed by atoms with van der Waals surface area (Å²) in [7, 11) is -1.83. The Morgan fingerprint density at radius 2 is 1.70 bits per heavy atom. The molecule has 0 saturated carbocycles. The van der Waals surface area contributed by atoms with E-state index in [0.717, 1.165) is 16.7 Å². The van der Waals surface area contributed by atoms with Gasteiger partial charge in [-0.2, -0.15) is 4.31 Å². The number of nitrogens with zero attached hydrogens (tertiary/aromatic N) is 1. The first-order valence-corrected chi connectivity index (χ1v) is 11.6. The molecule has 0 radical (unpaired) electrons. The Kier molecular flexibility index (Phi) is 7.79. The number of amides is 1. The molecule has 0 bridgehead atoms. The van der Waals surface area contributed by atoms with Crippen LogP contribution >= 0.6 is 0 Å². The molecule has 6 nitrogen and oxygen atoms in total. The average Bonchev–Trinajstić information content (AvgIpc) is 2.78. The Labute approximate surface area is 178 Å². The van der Waals surface area contributed by atoms with Gasteiger partial charge in [0.15, 0.2) is 0 Å². The quantitative estimate of drug-likeness (QED) is 0.701. The molecule has 160 valence electrons. The third-order valence-electron chi connectivity index (χ3n) is 5.22. The predicted octanol–water partition coefficient (Wildman–Crippen LogP) is 3.16. The van der Waals surface area contributed by atoms with Gasteiger partial charge in [0.25, 0.3) is 0 Å². The van der Waals surface area contributed by atoms with E-state index in [2.05, 4.69) is 5.32 Å². The second kappa shape index (κ2) is 10.5. The Bertz CT molecular complexity index is 948. The van der Waals surface area contributed by atoms with Crippen LogP contribution in [0.1, 0.15) is 29.5 Å². The minimum atomic E-state index is -3.48. The standard InChI is InChI=1S/C23H28N2O4S/c1-29-18-21-9-7-20(8-10-21)17-24-23(26)22-11-14-25(15-12-22)30(27,28)16-13-19-5-3-2-4-6-19/h2-10,13,16,22H,11-12,14-15,17-18H2,1H3,(H,24,26)/b16-13+.